The molecule has 0 amide bonds. The van der Waals surface area contributed by atoms with E-state index in [-0.39, 0.29) is 6.10 Å². The second-order valence-electron chi connectivity index (χ2n) is 5.24. The van der Waals surface area contributed by atoms with Gasteiger partial charge in [-0.25, -0.2) is 0 Å². The molecule has 1 aliphatic rings. The van der Waals surface area contributed by atoms with Crippen molar-refractivity contribution in [1.29, 1.82) is 0 Å². The first-order chi connectivity index (χ1) is 8.60. The standard InChI is InChI=1S/C16H22O2/c1-11-5-6-15-13(3)10-18-16(15)9-12(2)8-14(7-11)17-4/h5,8,10,14H,6-7,9H2,1-4H3/b11-5+,12-8-. The normalized spacial score (nSPS) is 26.8. The molecule has 2 nitrogen and oxygen atoms in total. The maximum atomic E-state index is 5.68. The fourth-order valence-corrected chi connectivity index (χ4v) is 2.46. The Kier molecular flexibility index (Phi) is 4.07. The molecule has 1 heterocycles. The SMILES string of the molecule is COC1/C=C(/C)Cc2occ(C)c2C/C=C(\C)C1. The fraction of sp³-hybridized carbons (Fsp3) is 0.500. The number of methoxy groups -OCH3 is 1. The summed E-state index contributed by atoms with van der Waals surface area (Å²) in [5.41, 5.74) is 5.29. The quantitative estimate of drug-likeness (QED) is 0.699. The van der Waals surface area contributed by atoms with E-state index in [1.54, 1.807) is 7.11 Å². The van der Waals surface area contributed by atoms with Crippen LogP contribution in [0.1, 0.15) is 37.2 Å². The van der Waals surface area contributed by atoms with E-state index < -0.39 is 0 Å². The topological polar surface area (TPSA) is 22.4 Å². The zero-order valence-corrected chi connectivity index (χ0v) is 11.7. The van der Waals surface area contributed by atoms with Crippen LogP contribution in [0.4, 0.5) is 0 Å². The smallest absolute Gasteiger partial charge is 0.111 e. The molecular weight excluding hydrogens is 224 g/mol. The summed E-state index contributed by atoms with van der Waals surface area (Å²) in [5, 5.41) is 0. The van der Waals surface area contributed by atoms with Crippen LogP contribution in [0.15, 0.2) is 34.0 Å². The van der Waals surface area contributed by atoms with Gasteiger partial charge in [0.2, 0.25) is 0 Å². The highest BCUT2D eigenvalue weighted by molar-refractivity contribution is 5.33. The molecule has 0 aromatic carbocycles. The van der Waals surface area contributed by atoms with E-state index in [0.29, 0.717) is 0 Å². The molecule has 0 saturated heterocycles. The number of ether oxygens (including phenoxy) is 1. The van der Waals surface area contributed by atoms with Crippen molar-refractivity contribution in [1.82, 2.24) is 0 Å². The van der Waals surface area contributed by atoms with Crippen LogP contribution < -0.4 is 0 Å². The minimum absolute atomic E-state index is 0.179. The first-order valence-corrected chi connectivity index (χ1v) is 6.51. The molecule has 18 heavy (non-hydrogen) atoms. The number of fused-ring (bicyclic) bond motifs is 1. The maximum absolute atomic E-state index is 5.68. The molecule has 1 unspecified atom stereocenters. The molecular formula is C16H22O2. The van der Waals surface area contributed by atoms with Crippen molar-refractivity contribution in [3.63, 3.8) is 0 Å². The lowest BCUT2D eigenvalue weighted by Crippen LogP contribution is -2.10. The van der Waals surface area contributed by atoms with Crippen molar-refractivity contribution < 1.29 is 9.15 Å². The predicted octanol–water partition coefficient (Wildman–Crippen LogP) is 3.98. The molecule has 0 aliphatic heterocycles. The van der Waals surface area contributed by atoms with Gasteiger partial charge in [0.25, 0.3) is 0 Å². The van der Waals surface area contributed by atoms with Gasteiger partial charge in [0.15, 0.2) is 0 Å². The van der Waals surface area contributed by atoms with E-state index in [2.05, 4.69) is 32.9 Å². The van der Waals surface area contributed by atoms with Gasteiger partial charge >= 0.3 is 0 Å². The van der Waals surface area contributed by atoms with Crippen molar-refractivity contribution in [2.75, 3.05) is 7.11 Å². The zero-order valence-electron chi connectivity index (χ0n) is 11.7. The molecule has 98 valence electrons. The van der Waals surface area contributed by atoms with Crippen LogP contribution in [0.3, 0.4) is 0 Å². The number of hydrogen-bond donors (Lipinski definition) is 0. The Hall–Kier alpha value is -1.28. The highest BCUT2D eigenvalue weighted by Gasteiger charge is 2.14. The Morgan fingerprint density at radius 3 is 2.72 bits per heavy atom. The third-order valence-corrected chi connectivity index (χ3v) is 3.58. The molecule has 0 saturated carbocycles. The number of rotatable bonds is 1. The van der Waals surface area contributed by atoms with Crippen LogP contribution in [0.5, 0.6) is 0 Å². The molecule has 1 atom stereocenters. The number of furan rings is 1. The van der Waals surface area contributed by atoms with Gasteiger partial charge in [-0.05, 0) is 39.2 Å². The van der Waals surface area contributed by atoms with Crippen LogP contribution in [0, 0.1) is 6.92 Å². The van der Waals surface area contributed by atoms with E-state index in [1.807, 2.05) is 6.26 Å². The van der Waals surface area contributed by atoms with Gasteiger partial charge in [0, 0.05) is 19.1 Å². The molecule has 0 fully saturated rings. The van der Waals surface area contributed by atoms with E-state index in [4.69, 9.17) is 9.15 Å². The Morgan fingerprint density at radius 2 is 2.00 bits per heavy atom. The largest absolute Gasteiger partial charge is 0.468 e. The molecule has 1 aliphatic carbocycles. The summed E-state index contributed by atoms with van der Waals surface area (Å²) in [6.07, 6.45) is 9.38. The van der Waals surface area contributed by atoms with E-state index in [0.717, 1.165) is 25.0 Å². The molecule has 2 heteroatoms. The monoisotopic (exact) mass is 246 g/mol. The van der Waals surface area contributed by atoms with Gasteiger partial charge in [-0.2, -0.15) is 0 Å². The van der Waals surface area contributed by atoms with Crippen LogP contribution in [0.2, 0.25) is 0 Å². The van der Waals surface area contributed by atoms with Crippen LogP contribution in [0.25, 0.3) is 0 Å². The highest BCUT2D eigenvalue weighted by atomic mass is 16.5. The lowest BCUT2D eigenvalue weighted by molar-refractivity contribution is 0.140. The number of aryl methyl sites for hydroxylation is 1. The summed E-state index contributed by atoms with van der Waals surface area (Å²) in [4.78, 5) is 0. The summed E-state index contributed by atoms with van der Waals surface area (Å²) < 4.78 is 11.2. The summed E-state index contributed by atoms with van der Waals surface area (Å²) in [5.74, 6) is 1.10. The van der Waals surface area contributed by atoms with E-state index >= 15 is 0 Å². The molecule has 1 aromatic heterocycles. The highest BCUT2D eigenvalue weighted by Crippen LogP contribution is 2.24. The summed E-state index contributed by atoms with van der Waals surface area (Å²) in [7, 11) is 1.77. The lowest BCUT2D eigenvalue weighted by Gasteiger charge is -2.15. The lowest BCUT2D eigenvalue weighted by atomic mass is 9.97. The molecule has 0 bridgehead atoms. The van der Waals surface area contributed by atoms with Crippen molar-refractivity contribution in [2.24, 2.45) is 0 Å². The summed E-state index contributed by atoms with van der Waals surface area (Å²) >= 11 is 0. The van der Waals surface area contributed by atoms with Gasteiger partial charge in [0.05, 0.1) is 12.4 Å². The minimum atomic E-state index is 0.179. The third kappa shape index (κ3) is 2.94. The third-order valence-electron chi connectivity index (χ3n) is 3.58. The summed E-state index contributed by atoms with van der Waals surface area (Å²) in [6.45, 7) is 6.44. The number of hydrogen-bond acceptors (Lipinski definition) is 2. The van der Waals surface area contributed by atoms with Crippen molar-refractivity contribution in [2.45, 2.75) is 46.1 Å². The van der Waals surface area contributed by atoms with Crippen LogP contribution in [-0.2, 0) is 17.6 Å². The van der Waals surface area contributed by atoms with Crippen molar-refractivity contribution in [3.8, 4) is 0 Å². The fourth-order valence-electron chi connectivity index (χ4n) is 2.46. The maximum Gasteiger partial charge on any atom is 0.111 e. The number of allylic oxidation sites excluding steroid dienone is 2. The molecule has 0 spiro atoms. The molecule has 0 N–H and O–H groups in total. The average molecular weight is 246 g/mol. The second-order valence-corrected chi connectivity index (χ2v) is 5.24. The van der Waals surface area contributed by atoms with Gasteiger partial charge < -0.3 is 9.15 Å². The van der Waals surface area contributed by atoms with E-state index in [1.165, 1.54) is 22.3 Å². The van der Waals surface area contributed by atoms with Gasteiger partial charge in [-0.15, -0.1) is 0 Å². The zero-order chi connectivity index (χ0) is 13.1. The Bertz CT molecular complexity index is 477. The Balaban J connectivity index is 2.37. The Labute approximate surface area is 109 Å². The van der Waals surface area contributed by atoms with E-state index in [9.17, 15) is 0 Å². The van der Waals surface area contributed by atoms with Crippen LogP contribution in [-0.4, -0.2) is 13.2 Å². The Morgan fingerprint density at radius 1 is 1.22 bits per heavy atom. The molecule has 0 radical (unpaired) electrons. The predicted molar refractivity (Wildman–Crippen MR) is 73.8 cm³/mol. The average Bonchev–Trinajstić information content (AvgIpc) is 2.66. The van der Waals surface area contributed by atoms with Crippen molar-refractivity contribution >= 4 is 0 Å². The minimum Gasteiger partial charge on any atom is -0.468 e. The first-order valence-electron chi connectivity index (χ1n) is 6.51. The van der Waals surface area contributed by atoms with Crippen LogP contribution >= 0.6 is 0 Å². The van der Waals surface area contributed by atoms with Crippen molar-refractivity contribution in [3.05, 3.63) is 46.4 Å². The second kappa shape index (κ2) is 5.57. The molecule has 1 aromatic rings. The molecule has 2 rings (SSSR count). The van der Waals surface area contributed by atoms with Gasteiger partial charge in [-0.3, -0.25) is 0 Å². The van der Waals surface area contributed by atoms with Gasteiger partial charge in [-0.1, -0.05) is 23.3 Å². The summed E-state index contributed by atoms with van der Waals surface area (Å²) in [6, 6.07) is 0. The first kappa shape index (κ1) is 13.2. The van der Waals surface area contributed by atoms with Gasteiger partial charge in [0.1, 0.15) is 5.76 Å².